The molecule has 0 aromatic heterocycles. The van der Waals surface area contributed by atoms with Gasteiger partial charge in [0, 0.05) is 23.9 Å². The number of carbonyl (C=O) groups is 1. The highest BCUT2D eigenvalue weighted by Crippen LogP contribution is 2.28. The minimum atomic E-state index is -0.638. The van der Waals surface area contributed by atoms with Gasteiger partial charge < -0.3 is 15.8 Å². The van der Waals surface area contributed by atoms with Crippen LogP contribution in [-0.2, 0) is 9.53 Å². The van der Waals surface area contributed by atoms with Gasteiger partial charge in [-0.05, 0) is 30.5 Å². The summed E-state index contributed by atoms with van der Waals surface area (Å²) in [6.07, 6.45) is 6.46. The van der Waals surface area contributed by atoms with E-state index in [0.717, 1.165) is 6.42 Å². The van der Waals surface area contributed by atoms with Crippen molar-refractivity contribution < 1.29 is 9.53 Å². The number of hydrogen-bond acceptors (Lipinski definition) is 3. The number of methoxy groups -OCH3 is 1. The van der Waals surface area contributed by atoms with Crippen molar-refractivity contribution in [2.24, 2.45) is 11.7 Å². The van der Waals surface area contributed by atoms with E-state index in [9.17, 15) is 4.79 Å². The summed E-state index contributed by atoms with van der Waals surface area (Å²) in [4.78, 5) is 12.4. The number of benzene rings is 1. The lowest BCUT2D eigenvalue weighted by atomic mass is 9.84. The molecule has 0 aliphatic heterocycles. The smallest absolute Gasteiger partial charge is 0.255 e. The lowest BCUT2D eigenvalue weighted by Crippen LogP contribution is -2.45. The van der Waals surface area contributed by atoms with E-state index in [1.54, 1.807) is 24.3 Å². The maximum absolute atomic E-state index is 12.4. The molecule has 1 aromatic rings. The molecule has 22 heavy (non-hydrogen) atoms. The zero-order valence-corrected chi connectivity index (χ0v) is 13.8. The summed E-state index contributed by atoms with van der Waals surface area (Å²) in [5.74, 6) is 0.397. The van der Waals surface area contributed by atoms with Gasteiger partial charge in [0.05, 0.1) is 0 Å². The molecule has 1 unspecified atom stereocenters. The highest BCUT2D eigenvalue weighted by molar-refractivity contribution is 6.30. The van der Waals surface area contributed by atoms with E-state index in [2.05, 4.69) is 5.32 Å². The molecule has 3 N–H and O–H groups in total. The Morgan fingerprint density at radius 2 is 2.14 bits per heavy atom. The van der Waals surface area contributed by atoms with Gasteiger partial charge >= 0.3 is 0 Å². The van der Waals surface area contributed by atoms with Gasteiger partial charge in [0.15, 0.2) is 6.10 Å². The van der Waals surface area contributed by atoms with Crippen LogP contribution in [0.25, 0.3) is 0 Å². The van der Waals surface area contributed by atoms with Crippen LogP contribution >= 0.6 is 11.6 Å². The lowest BCUT2D eigenvalue weighted by Gasteiger charge is -2.28. The van der Waals surface area contributed by atoms with Crippen LogP contribution in [-0.4, -0.2) is 25.2 Å². The second kappa shape index (κ2) is 8.51. The summed E-state index contributed by atoms with van der Waals surface area (Å²) in [6.45, 7) is 0. The van der Waals surface area contributed by atoms with Crippen molar-refractivity contribution in [1.29, 1.82) is 0 Å². The summed E-state index contributed by atoms with van der Waals surface area (Å²) in [6, 6.07) is 6.77. The Balaban J connectivity index is 1.92. The second-order valence-electron chi connectivity index (χ2n) is 6.06. The first kappa shape index (κ1) is 17.3. The van der Waals surface area contributed by atoms with Gasteiger partial charge in [0.25, 0.3) is 5.91 Å². The standard InChI is InChI=1S/C17H25ClN2O2/c1-22-16(15(19)10-12-6-3-2-4-7-12)17(21)20-14-9-5-8-13(18)11-14/h5,8-9,11-12,15-16H,2-4,6-7,10,19H2,1H3,(H,20,21)/t15-,16?/m1/s1. The summed E-state index contributed by atoms with van der Waals surface area (Å²) < 4.78 is 5.35. The molecule has 0 saturated heterocycles. The molecule has 5 heteroatoms. The molecule has 122 valence electrons. The van der Waals surface area contributed by atoms with Gasteiger partial charge in [0.1, 0.15) is 0 Å². The number of anilines is 1. The number of carbonyl (C=O) groups excluding carboxylic acids is 1. The Bertz CT molecular complexity index is 489. The van der Waals surface area contributed by atoms with Crippen LogP contribution in [0.5, 0.6) is 0 Å². The fraction of sp³-hybridized carbons (Fsp3) is 0.588. The molecule has 0 spiro atoms. The monoisotopic (exact) mass is 324 g/mol. The fourth-order valence-electron chi connectivity index (χ4n) is 3.19. The van der Waals surface area contributed by atoms with Crippen molar-refractivity contribution in [1.82, 2.24) is 0 Å². The molecule has 1 aliphatic rings. The molecular weight excluding hydrogens is 300 g/mol. The molecule has 4 nitrogen and oxygen atoms in total. The molecule has 1 fully saturated rings. The quantitative estimate of drug-likeness (QED) is 0.840. The van der Waals surface area contributed by atoms with Crippen LogP contribution in [0.1, 0.15) is 38.5 Å². The lowest BCUT2D eigenvalue weighted by molar-refractivity contribution is -0.127. The first-order chi connectivity index (χ1) is 10.6. The Morgan fingerprint density at radius 3 is 2.77 bits per heavy atom. The van der Waals surface area contributed by atoms with Crippen LogP contribution in [0, 0.1) is 5.92 Å². The molecular formula is C17H25ClN2O2. The predicted molar refractivity (Wildman–Crippen MR) is 90.0 cm³/mol. The van der Waals surface area contributed by atoms with E-state index >= 15 is 0 Å². The Hall–Kier alpha value is -1.10. The largest absolute Gasteiger partial charge is 0.370 e. The highest BCUT2D eigenvalue weighted by atomic mass is 35.5. The number of rotatable bonds is 6. The van der Waals surface area contributed by atoms with E-state index in [-0.39, 0.29) is 11.9 Å². The number of halogens is 1. The van der Waals surface area contributed by atoms with Gasteiger partial charge in [-0.15, -0.1) is 0 Å². The number of hydrogen-bond donors (Lipinski definition) is 2. The number of ether oxygens (including phenoxy) is 1. The second-order valence-corrected chi connectivity index (χ2v) is 6.50. The van der Waals surface area contributed by atoms with Crippen LogP contribution in [0.4, 0.5) is 5.69 Å². The van der Waals surface area contributed by atoms with E-state index in [1.165, 1.54) is 39.2 Å². The SMILES string of the molecule is COC(C(=O)Nc1cccc(Cl)c1)[C@H](N)CC1CCCCC1. The van der Waals surface area contributed by atoms with Gasteiger partial charge in [-0.2, -0.15) is 0 Å². The van der Waals surface area contributed by atoms with Crippen molar-refractivity contribution >= 4 is 23.2 Å². The predicted octanol–water partition coefficient (Wildman–Crippen LogP) is 3.59. The summed E-state index contributed by atoms with van der Waals surface area (Å²) in [5, 5.41) is 3.41. The Morgan fingerprint density at radius 1 is 1.41 bits per heavy atom. The average Bonchev–Trinajstić information content (AvgIpc) is 2.49. The average molecular weight is 325 g/mol. The number of nitrogens with one attached hydrogen (secondary N) is 1. The van der Waals surface area contributed by atoms with Gasteiger partial charge in [0.2, 0.25) is 0 Å². The zero-order chi connectivity index (χ0) is 15.9. The third-order valence-electron chi connectivity index (χ3n) is 4.32. The highest BCUT2D eigenvalue weighted by Gasteiger charge is 2.28. The third-order valence-corrected chi connectivity index (χ3v) is 4.56. The van der Waals surface area contributed by atoms with Crippen LogP contribution in [0.15, 0.2) is 24.3 Å². The van der Waals surface area contributed by atoms with Gasteiger partial charge in [-0.25, -0.2) is 0 Å². The minimum Gasteiger partial charge on any atom is -0.370 e. The third kappa shape index (κ3) is 4.97. The number of amides is 1. The maximum Gasteiger partial charge on any atom is 0.255 e. The van der Waals surface area contributed by atoms with Crippen molar-refractivity contribution in [3.63, 3.8) is 0 Å². The first-order valence-electron chi connectivity index (χ1n) is 7.95. The zero-order valence-electron chi connectivity index (χ0n) is 13.1. The first-order valence-corrected chi connectivity index (χ1v) is 8.32. The Labute approximate surface area is 137 Å². The van der Waals surface area contributed by atoms with E-state index < -0.39 is 6.10 Å². The van der Waals surface area contributed by atoms with Crippen molar-refractivity contribution in [3.8, 4) is 0 Å². The molecule has 0 radical (unpaired) electrons. The normalized spacial score (nSPS) is 18.7. The summed E-state index contributed by atoms with van der Waals surface area (Å²) >= 11 is 5.93. The van der Waals surface area contributed by atoms with Gasteiger partial charge in [-0.3, -0.25) is 4.79 Å². The maximum atomic E-state index is 12.4. The van der Waals surface area contributed by atoms with Crippen molar-refractivity contribution in [3.05, 3.63) is 29.3 Å². The fourth-order valence-corrected chi connectivity index (χ4v) is 3.38. The van der Waals surface area contributed by atoms with E-state index in [0.29, 0.717) is 16.6 Å². The van der Waals surface area contributed by atoms with E-state index in [1.807, 2.05) is 0 Å². The van der Waals surface area contributed by atoms with Gasteiger partial charge in [-0.1, -0.05) is 49.8 Å². The Kier molecular flexibility index (Phi) is 6.68. The molecule has 1 aromatic carbocycles. The molecule has 1 aliphatic carbocycles. The summed E-state index contributed by atoms with van der Waals surface area (Å²) in [7, 11) is 1.53. The molecule has 0 heterocycles. The number of nitrogens with two attached hydrogens (primary N) is 1. The van der Waals surface area contributed by atoms with Crippen molar-refractivity contribution in [2.45, 2.75) is 50.7 Å². The minimum absolute atomic E-state index is 0.215. The van der Waals surface area contributed by atoms with Crippen molar-refractivity contribution in [2.75, 3.05) is 12.4 Å². The van der Waals surface area contributed by atoms with Crippen LogP contribution < -0.4 is 11.1 Å². The molecule has 2 atom stereocenters. The molecule has 0 bridgehead atoms. The summed E-state index contributed by atoms with van der Waals surface area (Å²) in [5.41, 5.74) is 6.89. The van der Waals surface area contributed by atoms with E-state index in [4.69, 9.17) is 22.1 Å². The molecule has 1 amide bonds. The topological polar surface area (TPSA) is 64.3 Å². The van der Waals surface area contributed by atoms with Crippen LogP contribution in [0.3, 0.4) is 0 Å². The van der Waals surface area contributed by atoms with Crippen LogP contribution in [0.2, 0.25) is 5.02 Å². The molecule has 2 rings (SSSR count). The molecule has 1 saturated carbocycles.